The van der Waals surface area contributed by atoms with Crippen molar-refractivity contribution >= 4 is 53.4 Å². The number of para-hydroxylation sites is 1. The molecular weight excluding hydrogens is 631 g/mol. The maximum absolute atomic E-state index is 6.17. The fraction of sp³-hybridized carbons (Fsp3) is 0. The number of hydrogen-bond donors (Lipinski definition) is 0. The number of hydrogen-bond acceptors (Lipinski definition) is 5. The zero-order valence-corrected chi connectivity index (χ0v) is 27.6. The van der Waals surface area contributed by atoms with Gasteiger partial charge < -0.3 is 4.42 Å². The third-order valence-electron chi connectivity index (χ3n) is 9.38. The van der Waals surface area contributed by atoms with Crippen LogP contribution in [0.1, 0.15) is 0 Å². The number of furan rings is 1. The highest BCUT2D eigenvalue weighted by molar-refractivity contribution is 7.25. The lowest BCUT2D eigenvalue weighted by molar-refractivity contribution is 0.669. The normalized spacial score (nSPS) is 11.6. The molecule has 0 fully saturated rings. The lowest BCUT2D eigenvalue weighted by atomic mass is 9.91. The van der Waals surface area contributed by atoms with E-state index in [1.807, 2.05) is 30.3 Å². The van der Waals surface area contributed by atoms with Gasteiger partial charge in [0.25, 0.3) is 0 Å². The summed E-state index contributed by atoms with van der Waals surface area (Å²) in [4.78, 5) is 15.8. The molecule has 4 nitrogen and oxygen atoms in total. The van der Waals surface area contributed by atoms with E-state index in [1.54, 1.807) is 11.3 Å². The van der Waals surface area contributed by atoms with E-state index in [0.717, 1.165) is 66.3 Å². The number of aromatic nitrogens is 3. The van der Waals surface area contributed by atoms with Gasteiger partial charge in [-0.1, -0.05) is 127 Å². The van der Waals surface area contributed by atoms with Crippen LogP contribution in [0.3, 0.4) is 0 Å². The van der Waals surface area contributed by atoms with E-state index in [9.17, 15) is 0 Å². The van der Waals surface area contributed by atoms with Gasteiger partial charge in [-0.3, -0.25) is 0 Å². The first-order valence-electron chi connectivity index (χ1n) is 16.6. The Hall–Kier alpha value is -6.43. The first kappa shape index (κ1) is 28.6. The molecule has 10 rings (SSSR count). The summed E-state index contributed by atoms with van der Waals surface area (Å²) in [5.41, 5.74) is 9.02. The van der Waals surface area contributed by atoms with Crippen molar-refractivity contribution in [2.75, 3.05) is 0 Å². The van der Waals surface area contributed by atoms with Crippen LogP contribution in [0, 0.1) is 0 Å². The Labute approximate surface area is 292 Å². The molecule has 0 N–H and O–H groups in total. The van der Waals surface area contributed by atoms with E-state index >= 15 is 0 Å². The Balaban J connectivity index is 1.24. The van der Waals surface area contributed by atoms with Crippen LogP contribution in [0.4, 0.5) is 0 Å². The molecular formula is C45H27N3OS. The van der Waals surface area contributed by atoms with E-state index < -0.39 is 0 Å². The van der Waals surface area contributed by atoms with Gasteiger partial charge in [-0.15, -0.1) is 11.3 Å². The SMILES string of the molecule is c1ccc(-c2ccccc2-c2ccccc2-c2nc(-c3ccc4oc5ccccc5c4c3)nc(-c3cccc4sc5ccccc5c34)n2)cc1. The number of fused-ring (bicyclic) bond motifs is 6. The second-order valence-electron chi connectivity index (χ2n) is 12.3. The zero-order valence-electron chi connectivity index (χ0n) is 26.7. The second kappa shape index (κ2) is 11.6. The number of thiophene rings is 1. The van der Waals surface area contributed by atoms with Gasteiger partial charge in [-0.05, 0) is 58.7 Å². The summed E-state index contributed by atoms with van der Waals surface area (Å²) >= 11 is 1.79. The molecule has 234 valence electrons. The minimum absolute atomic E-state index is 0.611. The lowest BCUT2D eigenvalue weighted by Gasteiger charge is -2.15. The molecule has 10 aromatic rings. The van der Waals surface area contributed by atoms with Gasteiger partial charge in [0.05, 0.1) is 0 Å². The zero-order chi connectivity index (χ0) is 33.0. The molecule has 7 aromatic carbocycles. The molecule has 5 heteroatoms. The molecule has 0 saturated heterocycles. The Morgan fingerprint density at radius 2 is 0.940 bits per heavy atom. The monoisotopic (exact) mass is 657 g/mol. The van der Waals surface area contributed by atoms with Crippen LogP contribution < -0.4 is 0 Å². The fourth-order valence-corrected chi connectivity index (χ4v) is 8.20. The first-order valence-corrected chi connectivity index (χ1v) is 17.4. The predicted octanol–water partition coefficient (Wildman–Crippen LogP) is 12.5. The molecule has 0 aliphatic heterocycles. The van der Waals surface area contributed by atoms with Crippen LogP contribution in [0.2, 0.25) is 0 Å². The summed E-state index contributed by atoms with van der Waals surface area (Å²) in [5, 5.41) is 4.46. The Morgan fingerprint density at radius 1 is 0.360 bits per heavy atom. The molecule has 50 heavy (non-hydrogen) atoms. The van der Waals surface area contributed by atoms with Gasteiger partial charge in [0, 0.05) is 47.6 Å². The van der Waals surface area contributed by atoms with Crippen LogP contribution in [0.25, 0.3) is 98.5 Å². The highest BCUT2D eigenvalue weighted by atomic mass is 32.1. The Morgan fingerprint density at radius 3 is 1.78 bits per heavy atom. The van der Waals surface area contributed by atoms with E-state index in [-0.39, 0.29) is 0 Å². The van der Waals surface area contributed by atoms with Gasteiger partial charge in [0.2, 0.25) is 0 Å². The van der Waals surface area contributed by atoms with Crippen molar-refractivity contribution in [3.8, 4) is 56.4 Å². The van der Waals surface area contributed by atoms with Gasteiger partial charge in [0.15, 0.2) is 17.5 Å². The number of nitrogens with zero attached hydrogens (tertiary/aromatic N) is 3. The predicted molar refractivity (Wildman–Crippen MR) is 207 cm³/mol. The average Bonchev–Trinajstić information content (AvgIpc) is 3.76. The van der Waals surface area contributed by atoms with E-state index in [2.05, 4.69) is 133 Å². The average molecular weight is 658 g/mol. The fourth-order valence-electron chi connectivity index (χ4n) is 7.07. The van der Waals surface area contributed by atoms with Gasteiger partial charge in [-0.25, -0.2) is 15.0 Å². The highest BCUT2D eigenvalue weighted by Crippen LogP contribution is 2.42. The van der Waals surface area contributed by atoms with Crippen molar-refractivity contribution < 1.29 is 4.42 Å². The molecule has 0 aliphatic rings. The van der Waals surface area contributed by atoms with Crippen molar-refractivity contribution in [2.24, 2.45) is 0 Å². The summed E-state index contributed by atoms with van der Waals surface area (Å²) in [6.07, 6.45) is 0. The molecule has 0 aliphatic carbocycles. The molecule has 3 aromatic heterocycles. The molecule has 0 radical (unpaired) electrons. The van der Waals surface area contributed by atoms with Gasteiger partial charge >= 0.3 is 0 Å². The topological polar surface area (TPSA) is 51.8 Å². The highest BCUT2D eigenvalue weighted by Gasteiger charge is 2.20. The molecule has 0 atom stereocenters. The van der Waals surface area contributed by atoms with E-state index in [1.165, 1.54) is 14.8 Å². The standard InChI is InChI=1S/C45H27N3OS/c1-2-13-28(14-3-1)30-15-4-5-16-31(30)32-17-6-7-19-34(32)44-46-43(29-25-26-39-37(27-29)33-18-8-10-22-38(33)49-39)47-45(48-44)36-21-12-24-41-42(36)35-20-9-11-23-40(35)50-41/h1-27H. The van der Waals surface area contributed by atoms with Crippen LogP contribution in [-0.4, -0.2) is 15.0 Å². The molecule has 3 heterocycles. The van der Waals surface area contributed by atoms with Crippen molar-refractivity contribution in [1.29, 1.82) is 0 Å². The van der Waals surface area contributed by atoms with Crippen LogP contribution in [-0.2, 0) is 0 Å². The molecule has 0 bridgehead atoms. The summed E-state index contributed by atoms with van der Waals surface area (Å²) in [5.74, 6) is 1.87. The molecule has 0 amide bonds. The maximum atomic E-state index is 6.17. The quantitative estimate of drug-likeness (QED) is 0.185. The van der Waals surface area contributed by atoms with Crippen LogP contribution in [0.5, 0.6) is 0 Å². The summed E-state index contributed by atoms with van der Waals surface area (Å²) in [6, 6.07) is 56.8. The summed E-state index contributed by atoms with van der Waals surface area (Å²) < 4.78 is 8.61. The van der Waals surface area contributed by atoms with Crippen molar-refractivity contribution in [2.45, 2.75) is 0 Å². The van der Waals surface area contributed by atoms with Crippen molar-refractivity contribution in [1.82, 2.24) is 15.0 Å². The minimum Gasteiger partial charge on any atom is -0.456 e. The van der Waals surface area contributed by atoms with Crippen LogP contribution in [0.15, 0.2) is 168 Å². The number of benzene rings is 7. The van der Waals surface area contributed by atoms with Gasteiger partial charge in [-0.2, -0.15) is 0 Å². The Bertz CT molecular complexity index is 2890. The van der Waals surface area contributed by atoms with Crippen molar-refractivity contribution in [3.63, 3.8) is 0 Å². The minimum atomic E-state index is 0.611. The number of rotatable bonds is 5. The third-order valence-corrected chi connectivity index (χ3v) is 10.5. The first-order chi connectivity index (χ1) is 24.8. The third kappa shape index (κ3) is 4.71. The van der Waals surface area contributed by atoms with Crippen LogP contribution >= 0.6 is 11.3 Å². The van der Waals surface area contributed by atoms with Crippen molar-refractivity contribution in [3.05, 3.63) is 164 Å². The largest absolute Gasteiger partial charge is 0.456 e. The van der Waals surface area contributed by atoms with E-state index in [4.69, 9.17) is 19.4 Å². The maximum Gasteiger partial charge on any atom is 0.164 e. The lowest BCUT2D eigenvalue weighted by Crippen LogP contribution is -2.01. The van der Waals surface area contributed by atoms with E-state index in [0.29, 0.717) is 17.5 Å². The summed E-state index contributed by atoms with van der Waals surface area (Å²) in [7, 11) is 0. The van der Waals surface area contributed by atoms with Gasteiger partial charge in [0.1, 0.15) is 11.2 Å². The summed E-state index contributed by atoms with van der Waals surface area (Å²) in [6.45, 7) is 0. The molecule has 0 unspecified atom stereocenters. The second-order valence-corrected chi connectivity index (χ2v) is 13.4. The molecule has 0 saturated carbocycles. The Kier molecular flexibility index (Phi) is 6.64. The smallest absolute Gasteiger partial charge is 0.164 e. The molecule has 0 spiro atoms.